The SMILES string of the molecule is Cc1noc(C)c1S(=O)(=O)NCC(=O)OCC(=O)N1CCCCC1. The van der Waals surface area contributed by atoms with Crippen LogP contribution < -0.4 is 4.72 Å². The minimum Gasteiger partial charge on any atom is -0.455 e. The van der Waals surface area contributed by atoms with Crippen LogP contribution in [-0.2, 0) is 24.3 Å². The van der Waals surface area contributed by atoms with Crippen LogP contribution in [0.3, 0.4) is 0 Å². The summed E-state index contributed by atoms with van der Waals surface area (Å²) in [6.07, 6.45) is 2.97. The van der Waals surface area contributed by atoms with Crippen LogP contribution in [0.2, 0.25) is 0 Å². The number of rotatable bonds is 6. The van der Waals surface area contributed by atoms with Crippen LogP contribution >= 0.6 is 0 Å². The lowest BCUT2D eigenvalue weighted by Crippen LogP contribution is -2.39. The summed E-state index contributed by atoms with van der Waals surface area (Å²) in [5, 5.41) is 3.56. The number of piperidine rings is 1. The molecule has 1 amide bonds. The Bertz CT molecular complexity index is 687. The van der Waals surface area contributed by atoms with E-state index in [0.717, 1.165) is 19.3 Å². The van der Waals surface area contributed by atoms with Gasteiger partial charge < -0.3 is 14.2 Å². The number of esters is 1. The van der Waals surface area contributed by atoms with E-state index in [1.807, 2.05) is 0 Å². The highest BCUT2D eigenvalue weighted by molar-refractivity contribution is 7.89. The zero-order valence-corrected chi connectivity index (χ0v) is 14.5. The van der Waals surface area contributed by atoms with E-state index in [-0.39, 0.29) is 28.9 Å². The fourth-order valence-electron chi connectivity index (χ4n) is 2.51. The van der Waals surface area contributed by atoms with Crippen molar-refractivity contribution in [3.05, 3.63) is 11.5 Å². The van der Waals surface area contributed by atoms with Crippen LogP contribution in [0, 0.1) is 13.8 Å². The van der Waals surface area contributed by atoms with Crippen molar-refractivity contribution in [2.24, 2.45) is 0 Å². The van der Waals surface area contributed by atoms with E-state index in [1.54, 1.807) is 4.90 Å². The highest BCUT2D eigenvalue weighted by Crippen LogP contribution is 2.18. The number of nitrogens with one attached hydrogen (secondary N) is 1. The normalized spacial score (nSPS) is 15.3. The third-order valence-electron chi connectivity index (χ3n) is 3.71. The van der Waals surface area contributed by atoms with Crippen LogP contribution in [0.15, 0.2) is 9.42 Å². The van der Waals surface area contributed by atoms with Crippen molar-refractivity contribution in [3.8, 4) is 0 Å². The number of nitrogens with zero attached hydrogens (tertiary/aromatic N) is 2. The van der Waals surface area contributed by atoms with Gasteiger partial charge in [-0.1, -0.05) is 5.16 Å². The number of carbonyl (C=O) groups is 2. The average Bonchev–Trinajstić information content (AvgIpc) is 2.91. The van der Waals surface area contributed by atoms with Crippen molar-refractivity contribution >= 4 is 21.9 Å². The fraction of sp³-hybridized carbons (Fsp3) is 0.643. The predicted octanol–water partition coefficient (Wildman–Crippen LogP) is 0.125. The molecular formula is C14H21N3O6S. The van der Waals surface area contributed by atoms with Crippen molar-refractivity contribution in [2.75, 3.05) is 26.2 Å². The molecule has 1 saturated heterocycles. The molecule has 0 radical (unpaired) electrons. The molecule has 0 atom stereocenters. The second-order valence-electron chi connectivity index (χ2n) is 5.58. The summed E-state index contributed by atoms with van der Waals surface area (Å²) in [7, 11) is -3.93. The quantitative estimate of drug-likeness (QED) is 0.717. The molecule has 2 rings (SSSR count). The van der Waals surface area contributed by atoms with Crippen molar-refractivity contribution < 1.29 is 27.3 Å². The Hall–Kier alpha value is -1.94. The van der Waals surface area contributed by atoms with E-state index < -0.39 is 22.5 Å². The van der Waals surface area contributed by atoms with Crippen LogP contribution in [-0.4, -0.2) is 56.6 Å². The van der Waals surface area contributed by atoms with Crippen molar-refractivity contribution in [3.63, 3.8) is 0 Å². The molecule has 9 nitrogen and oxygen atoms in total. The van der Waals surface area contributed by atoms with Crippen molar-refractivity contribution in [1.82, 2.24) is 14.8 Å². The first-order chi connectivity index (χ1) is 11.3. The molecule has 0 saturated carbocycles. The van der Waals surface area contributed by atoms with Gasteiger partial charge in [0, 0.05) is 13.1 Å². The van der Waals surface area contributed by atoms with E-state index in [0.29, 0.717) is 13.1 Å². The summed E-state index contributed by atoms with van der Waals surface area (Å²) >= 11 is 0. The highest BCUT2D eigenvalue weighted by Gasteiger charge is 2.25. The second kappa shape index (κ2) is 7.75. The van der Waals surface area contributed by atoms with Gasteiger partial charge in [-0.2, -0.15) is 4.72 Å². The van der Waals surface area contributed by atoms with Crippen LogP contribution in [0.25, 0.3) is 0 Å². The van der Waals surface area contributed by atoms with Gasteiger partial charge in [0.05, 0.1) is 0 Å². The van der Waals surface area contributed by atoms with Gasteiger partial charge in [0.1, 0.15) is 17.1 Å². The number of hydrogen-bond acceptors (Lipinski definition) is 7. The molecule has 10 heteroatoms. The maximum Gasteiger partial charge on any atom is 0.321 e. The van der Waals surface area contributed by atoms with E-state index in [4.69, 9.17) is 9.26 Å². The standard InChI is InChI=1S/C14H21N3O6S/c1-10-14(11(2)23-16-10)24(20,21)15-8-13(19)22-9-12(18)17-6-4-3-5-7-17/h15H,3-9H2,1-2H3. The number of likely N-dealkylation sites (tertiary alicyclic amines) is 1. The van der Waals surface area contributed by atoms with Gasteiger partial charge >= 0.3 is 5.97 Å². The molecule has 2 heterocycles. The largest absolute Gasteiger partial charge is 0.455 e. The number of sulfonamides is 1. The van der Waals surface area contributed by atoms with Gasteiger partial charge in [-0.15, -0.1) is 0 Å². The predicted molar refractivity (Wildman–Crippen MR) is 82.6 cm³/mol. The van der Waals surface area contributed by atoms with Crippen LogP contribution in [0.4, 0.5) is 0 Å². The number of ether oxygens (including phenoxy) is 1. The van der Waals surface area contributed by atoms with Gasteiger partial charge in [-0.05, 0) is 33.1 Å². The maximum atomic E-state index is 12.1. The third kappa shape index (κ3) is 4.54. The Balaban J connectivity index is 1.81. The number of amides is 1. The first kappa shape index (κ1) is 18.4. The van der Waals surface area contributed by atoms with Crippen molar-refractivity contribution in [1.29, 1.82) is 0 Å². The van der Waals surface area contributed by atoms with Gasteiger partial charge in [-0.3, -0.25) is 9.59 Å². The van der Waals surface area contributed by atoms with Crippen LogP contribution in [0.5, 0.6) is 0 Å². The van der Waals surface area contributed by atoms with Crippen LogP contribution in [0.1, 0.15) is 30.7 Å². The van der Waals surface area contributed by atoms with Gasteiger partial charge in [-0.25, -0.2) is 8.42 Å². The monoisotopic (exact) mass is 359 g/mol. The molecule has 1 aliphatic rings. The van der Waals surface area contributed by atoms with Gasteiger partial charge in [0.25, 0.3) is 5.91 Å². The minimum atomic E-state index is -3.93. The molecule has 0 unspecified atom stereocenters. The smallest absolute Gasteiger partial charge is 0.321 e. The first-order valence-electron chi connectivity index (χ1n) is 7.67. The summed E-state index contributed by atoms with van der Waals surface area (Å²) in [4.78, 5) is 25.1. The Morgan fingerprint density at radius 2 is 1.92 bits per heavy atom. The Morgan fingerprint density at radius 1 is 1.25 bits per heavy atom. The number of hydrogen-bond donors (Lipinski definition) is 1. The van der Waals surface area contributed by atoms with E-state index in [9.17, 15) is 18.0 Å². The molecule has 1 aromatic heterocycles. The number of aryl methyl sites for hydroxylation is 2. The molecule has 24 heavy (non-hydrogen) atoms. The lowest BCUT2D eigenvalue weighted by Gasteiger charge is -2.26. The Labute approximate surface area is 140 Å². The Kier molecular flexibility index (Phi) is 5.94. The lowest BCUT2D eigenvalue weighted by molar-refractivity contribution is -0.151. The first-order valence-corrected chi connectivity index (χ1v) is 9.15. The molecule has 0 bridgehead atoms. The number of aromatic nitrogens is 1. The number of carbonyl (C=O) groups excluding carboxylic acids is 2. The molecule has 0 aromatic carbocycles. The van der Waals surface area contributed by atoms with Gasteiger partial charge in [0.15, 0.2) is 12.4 Å². The Morgan fingerprint density at radius 3 is 2.50 bits per heavy atom. The molecule has 134 valence electrons. The minimum absolute atomic E-state index is 0.0975. The molecule has 0 aliphatic carbocycles. The second-order valence-corrected chi connectivity index (χ2v) is 7.28. The van der Waals surface area contributed by atoms with Gasteiger partial charge in [0.2, 0.25) is 10.0 Å². The molecule has 1 aromatic rings. The summed E-state index contributed by atoms with van der Waals surface area (Å²) in [5.74, 6) is -0.957. The average molecular weight is 359 g/mol. The molecule has 1 fully saturated rings. The zero-order valence-electron chi connectivity index (χ0n) is 13.7. The van der Waals surface area contributed by atoms with E-state index >= 15 is 0 Å². The lowest BCUT2D eigenvalue weighted by atomic mass is 10.1. The molecule has 1 N–H and O–H groups in total. The summed E-state index contributed by atoms with van der Waals surface area (Å²) < 4.78 is 36.0. The third-order valence-corrected chi connectivity index (χ3v) is 5.35. The van der Waals surface area contributed by atoms with Crippen molar-refractivity contribution in [2.45, 2.75) is 38.0 Å². The molecule has 0 spiro atoms. The van der Waals surface area contributed by atoms with E-state index in [2.05, 4.69) is 9.88 Å². The van der Waals surface area contributed by atoms with E-state index in [1.165, 1.54) is 13.8 Å². The summed E-state index contributed by atoms with van der Waals surface area (Å²) in [6.45, 7) is 3.32. The summed E-state index contributed by atoms with van der Waals surface area (Å²) in [5.41, 5.74) is 0.202. The molecular weight excluding hydrogens is 338 g/mol. The highest BCUT2D eigenvalue weighted by atomic mass is 32.2. The zero-order chi connectivity index (χ0) is 17.7. The topological polar surface area (TPSA) is 119 Å². The maximum absolute atomic E-state index is 12.1. The fourth-order valence-corrected chi connectivity index (χ4v) is 3.81. The summed E-state index contributed by atoms with van der Waals surface area (Å²) in [6, 6.07) is 0. The molecule has 1 aliphatic heterocycles.